The quantitative estimate of drug-likeness (QED) is 0.0786. The molecule has 0 saturated carbocycles. The maximum atomic E-state index is 14.2. The van der Waals surface area contributed by atoms with Crippen LogP contribution in [0.1, 0.15) is 217 Å². The first kappa shape index (κ1) is 85.5. The molecule has 33 atom stereocenters. The van der Waals surface area contributed by atoms with Crippen molar-refractivity contribution in [1.82, 2.24) is 9.80 Å². The van der Waals surface area contributed by atoms with Crippen LogP contribution in [0, 0.1) is 41.4 Å². The maximum Gasteiger partial charge on any atom is 0.311 e. The van der Waals surface area contributed by atoms with E-state index in [4.69, 9.17) is 66.3 Å². The van der Waals surface area contributed by atoms with Crippen molar-refractivity contribution < 1.29 is 107 Å². The molecule has 6 N–H and O–H groups in total. The number of nitrogens with zero attached hydrogens (tertiary/aromatic N) is 2. The summed E-state index contributed by atoms with van der Waals surface area (Å²) in [5.74, 6) is -3.92. The summed E-state index contributed by atoms with van der Waals surface area (Å²) in [6.07, 6.45) is -10.1. The van der Waals surface area contributed by atoms with Gasteiger partial charge < -0.3 is 102 Å². The predicted molar refractivity (Wildman–Crippen MR) is 378 cm³/mol. The Morgan fingerprint density at radius 3 is 1.49 bits per heavy atom. The molecular formula is C77H136N2O22. The van der Waals surface area contributed by atoms with E-state index in [0.717, 1.165) is 23.5 Å². The molecule has 586 valence electrons. The fourth-order valence-electron chi connectivity index (χ4n) is 17.9. The van der Waals surface area contributed by atoms with Crippen LogP contribution in [0.4, 0.5) is 0 Å². The normalized spacial score (nSPS) is 47.7. The van der Waals surface area contributed by atoms with Gasteiger partial charge in [0.05, 0.1) is 71.9 Å². The number of aliphatic hydroxyl groups excluding tert-OH is 5. The highest BCUT2D eigenvalue weighted by Gasteiger charge is 2.59. The SMILES string of the molecule is CC[C@H]1OC(=O)[C@H](C)[C@@H](OC2C[C@@](C)(OC)C[C@H](C)O2)[C@H](C)[C@@H](OC2O[C@H](C)C[C@H](N(C)CC)[C@H]2O)[C@]2(C)CC(C)=C(O2)[C@H](C)[C@@H](O)[C@H]1C.CC[C@H]1OC(=O)[C@H](C)[C@@H](OC2C[C@@](C)(OC)[C@@H](O)[C@H](C)O2)[C@H](C)[C@@H](OC2O[C@H](C)C[C@H](N(C)C(C)C)[C@H]2O)[C@]2(C)CC(C)=C(O2)[C@H](C)[C@@H](O)[C@]1(C)O. The number of aliphatic hydroxyl groups is 6. The lowest BCUT2D eigenvalue weighted by atomic mass is 9.78. The van der Waals surface area contributed by atoms with E-state index in [1.165, 1.54) is 14.0 Å². The van der Waals surface area contributed by atoms with E-state index in [2.05, 4.69) is 37.5 Å². The van der Waals surface area contributed by atoms with Gasteiger partial charge in [-0.2, -0.15) is 0 Å². The first-order chi connectivity index (χ1) is 46.9. The molecule has 6 saturated heterocycles. The van der Waals surface area contributed by atoms with Crippen molar-refractivity contribution in [2.75, 3.05) is 34.9 Å². The Hall–Kier alpha value is -2.70. The minimum absolute atomic E-state index is 0.124. The van der Waals surface area contributed by atoms with Gasteiger partial charge in [-0.15, -0.1) is 0 Å². The van der Waals surface area contributed by atoms with Gasteiger partial charge >= 0.3 is 11.9 Å². The molecule has 8 aliphatic heterocycles. The van der Waals surface area contributed by atoms with Gasteiger partial charge in [0.2, 0.25) is 0 Å². The van der Waals surface area contributed by atoms with E-state index in [9.17, 15) is 40.2 Å². The minimum Gasteiger partial charge on any atom is -0.489 e. The second-order valence-corrected chi connectivity index (χ2v) is 33.3. The lowest BCUT2D eigenvalue weighted by Gasteiger charge is -2.49. The standard InChI is InChI=1S/C39H69NO12.C38H67NO10/c1-15-27-39(12,45)32(42)22(6)30-20(4)17-38(11,52-30)34(51-36-29(41)26(16-21(5)47-36)40(13)19(2)3)23(7)31(24(8)35(44)49-27)50-28-18-37(10,46-14)33(43)25(9)48-28;1-14-28-23(6)30(40)24(7)32-20(3)17-38(11,49-32)34(48-36-31(41)27(39(12)15-2)16-21(4)45-36)25(8)33(26(9)35(42)46-28)47-29-19-37(10,43-13)18-22(5)44-29/h19,21-29,31-34,36,41-43,45H,15-18H2,1-14H3;21-31,33-34,36,40-41H,14-19H2,1-13H3/t21-,22+,23+,24-,25+,26+,27-,28?,29-,31+,32-,33+,34-,36?,37-,38+,39-;21-,22+,23+,24-,25+,26-,27+,28-,29?,30+,31-,33+,34-,36?,37+,38+/m11/s1. The number of esters is 2. The zero-order valence-electron chi connectivity index (χ0n) is 66.4. The lowest BCUT2D eigenvalue weighted by molar-refractivity contribution is -0.317. The third kappa shape index (κ3) is 18.5. The summed E-state index contributed by atoms with van der Waals surface area (Å²) in [4.78, 5) is 32.5. The van der Waals surface area contributed by atoms with E-state index in [-0.39, 0.29) is 61.1 Å². The Bertz CT molecular complexity index is 2770. The molecule has 4 bridgehead atoms. The molecule has 8 rings (SSSR count). The molecule has 0 aromatic rings. The van der Waals surface area contributed by atoms with Crippen LogP contribution in [-0.4, -0.2) is 250 Å². The molecule has 0 amide bonds. The van der Waals surface area contributed by atoms with Crippen molar-refractivity contribution in [2.24, 2.45) is 41.4 Å². The molecule has 8 heterocycles. The summed E-state index contributed by atoms with van der Waals surface area (Å²) < 4.78 is 90.5. The highest BCUT2D eigenvalue weighted by atomic mass is 16.7. The monoisotopic (exact) mass is 1440 g/mol. The number of ether oxygens (including phenoxy) is 14. The van der Waals surface area contributed by atoms with Crippen molar-refractivity contribution >= 4 is 11.9 Å². The van der Waals surface area contributed by atoms with Crippen LogP contribution in [0.15, 0.2) is 22.7 Å². The smallest absolute Gasteiger partial charge is 0.311 e. The second-order valence-electron chi connectivity index (χ2n) is 33.3. The van der Waals surface area contributed by atoms with E-state index in [1.54, 1.807) is 41.7 Å². The second kappa shape index (κ2) is 34.3. The largest absolute Gasteiger partial charge is 0.489 e. The molecule has 0 aromatic heterocycles. The average Bonchev–Trinajstić information content (AvgIpc) is 1.65. The van der Waals surface area contributed by atoms with Crippen molar-refractivity contribution in [3.8, 4) is 0 Å². The Morgan fingerprint density at radius 2 is 1.02 bits per heavy atom. The minimum atomic E-state index is -1.82. The van der Waals surface area contributed by atoms with Gasteiger partial charge in [-0.05, 0) is 161 Å². The molecule has 4 unspecified atom stereocenters. The van der Waals surface area contributed by atoms with E-state index >= 15 is 0 Å². The number of hydrogen-bond acceptors (Lipinski definition) is 24. The van der Waals surface area contributed by atoms with Crippen LogP contribution in [-0.2, 0) is 75.9 Å². The molecule has 24 heteroatoms. The molecule has 6 fully saturated rings. The fraction of sp³-hybridized carbons (Fsp3) is 0.922. The Kier molecular flexibility index (Phi) is 29.0. The summed E-state index contributed by atoms with van der Waals surface area (Å²) >= 11 is 0. The molecule has 101 heavy (non-hydrogen) atoms. The van der Waals surface area contributed by atoms with Gasteiger partial charge in [-0.3, -0.25) is 14.5 Å². The van der Waals surface area contributed by atoms with E-state index in [0.29, 0.717) is 50.7 Å². The van der Waals surface area contributed by atoms with Gasteiger partial charge in [-0.1, -0.05) is 55.4 Å². The fourth-order valence-corrected chi connectivity index (χ4v) is 17.9. The van der Waals surface area contributed by atoms with Crippen molar-refractivity contribution in [2.45, 2.75) is 380 Å². The number of fused-ring (bicyclic) bond motifs is 4. The summed E-state index contributed by atoms with van der Waals surface area (Å²) in [5, 5.41) is 69.6. The molecule has 0 aromatic carbocycles. The number of likely N-dealkylation sites (N-methyl/N-ethyl adjacent to an activating group) is 2. The van der Waals surface area contributed by atoms with Crippen LogP contribution in [0.25, 0.3) is 0 Å². The number of cyclic esters (lactones) is 2. The van der Waals surface area contributed by atoms with Gasteiger partial charge in [-0.25, -0.2) is 0 Å². The topological polar surface area (TPSA) is 291 Å². The average molecular weight is 1440 g/mol. The van der Waals surface area contributed by atoms with Gasteiger partial charge in [0.1, 0.15) is 71.0 Å². The van der Waals surface area contributed by atoms with Gasteiger partial charge in [0.15, 0.2) is 25.2 Å². The summed E-state index contributed by atoms with van der Waals surface area (Å²) in [7, 11) is 7.21. The number of hydrogen-bond donors (Lipinski definition) is 6. The number of methoxy groups -OCH3 is 2. The van der Waals surface area contributed by atoms with Crippen LogP contribution in [0.5, 0.6) is 0 Å². The number of carbonyl (C=O) groups excluding carboxylic acids is 2. The first-order valence-electron chi connectivity index (χ1n) is 38.0. The molecule has 24 nitrogen and oxygen atoms in total. The zero-order valence-corrected chi connectivity index (χ0v) is 66.4. The Labute approximate surface area is 604 Å². The summed E-state index contributed by atoms with van der Waals surface area (Å²) in [5.41, 5.74) is -3.38. The maximum absolute atomic E-state index is 14.2. The predicted octanol–water partition coefficient (Wildman–Crippen LogP) is 8.87. The van der Waals surface area contributed by atoms with Gasteiger partial charge in [0, 0.05) is 94.0 Å². The van der Waals surface area contributed by atoms with Crippen LogP contribution < -0.4 is 0 Å². The molecule has 0 aliphatic carbocycles. The Morgan fingerprint density at radius 1 is 0.545 bits per heavy atom. The van der Waals surface area contributed by atoms with Crippen LogP contribution in [0.3, 0.4) is 0 Å². The van der Waals surface area contributed by atoms with Crippen LogP contribution >= 0.6 is 0 Å². The van der Waals surface area contributed by atoms with Gasteiger partial charge in [0.25, 0.3) is 0 Å². The summed E-state index contributed by atoms with van der Waals surface area (Å²) in [6, 6.07) is -0.245. The van der Waals surface area contributed by atoms with Crippen molar-refractivity contribution in [3.05, 3.63) is 22.7 Å². The van der Waals surface area contributed by atoms with E-state index in [1.807, 2.05) is 104 Å². The highest BCUT2D eigenvalue weighted by molar-refractivity contribution is 5.73. The third-order valence-electron chi connectivity index (χ3n) is 24.6. The Balaban J connectivity index is 0.000000284. The summed E-state index contributed by atoms with van der Waals surface area (Å²) in [6.45, 7) is 44.8. The molecule has 8 aliphatic rings. The van der Waals surface area contributed by atoms with Crippen molar-refractivity contribution in [3.63, 3.8) is 0 Å². The lowest BCUT2D eigenvalue weighted by Crippen LogP contribution is -2.61. The first-order valence-corrected chi connectivity index (χ1v) is 38.0. The zero-order chi connectivity index (χ0) is 75.8. The number of rotatable bonds is 16. The third-order valence-corrected chi connectivity index (χ3v) is 24.6. The number of carbonyl (C=O) groups is 2. The molecule has 0 radical (unpaired) electrons. The van der Waals surface area contributed by atoms with Crippen LogP contribution in [0.2, 0.25) is 0 Å². The van der Waals surface area contributed by atoms with Crippen molar-refractivity contribution in [1.29, 1.82) is 0 Å². The highest BCUT2D eigenvalue weighted by Crippen LogP contribution is 2.50. The van der Waals surface area contributed by atoms with E-state index < -0.39 is 168 Å². The molecular weight excluding hydrogens is 1300 g/mol. The molecule has 0 spiro atoms.